The van der Waals surface area contributed by atoms with Gasteiger partial charge in [0.25, 0.3) is 5.91 Å². The lowest BCUT2D eigenvalue weighted by Gasteiger charge is -2.27. The maximum atomic E-state index is 13.3. The number of ether oxygens (including phenoxy) is 1. The number of hydrogen-bond donors (Lipinski definition) is 4. The number of imidazole rings is 1. The number of methoxy groups -OCH3 is 1. The summed E-state index contributed by atoms with van der Waals surface area (Å²) < 4.78 is 6.55. The molecule has 0 spiro atoms. The van der Waals surface area contributed by atoms with Gasteiger partial charge in [0.15, 0.2) is 5.41 Å². The van der Waals surface area contributed by atoms with E-state index in [1.807, 2.05) is 6.92 Å². The van der Waals surface area contributed by atoms with Gasteiger partial charge in [-0.15, -0.1) is 0 Å². The minimum absolute atomic E-state index is 0.0508. The molecule has 4 N–H and O–H groups in total. The average molecular weight is 522 g/mol. The Bertz CT molecular complexity index is 1240. The summed E-state index contributed by atoms with van der Waals surface area (Å²) in [5, 5.41) is 18.6. The van der Waals surface area contributed by atoms with Crippen molar-refractivity contribution in [3.8, 4) is 0 Å². The lowest BCUT2D eigenvalue weighted by atomic mass is 9.81. The molecule has 11 nitrogen and oxygen atoms in total. The molecular formula is C27H35N7O4. The second-order valence-electron chi connectivity index (χ2n) is 10.6. The number of nitrogens with one attached hydrogen (secondary N) is 4. The first kappa shape index (κ1) is 25.9. The molecule has 3 fully saturated rings. The Kier molecular flexibility index (Phi) is 7.18. The van der Waals surface area contributed by atoms with Crippen LogP contribution in [-0.2, 0) is 20.9 Å². The fourth-order valence-corrected chi connectivity index (χ4v) is 5.73. The van der Waals surface area contributed by atoms with E-state index in [2.05, 4.69) is 25.7 Å². The van der Waals surface area contributed by atoms with E-state index in [1.165, 1.54) is 32.8 Å². The van der Waals surface area contributed by atoms with Crippen LogP contribution in [-0.4, -0.2) is 56.9 Å². The van der Waals surface area contributed by atoms with E-state index in [9.17, 15) is 14.4 Å². The van der Waals surface area contributed by atoms with Crippen LogP contribution in [0.5, 0.6) is 0 Å². The molecule has 1 aliphatic heterocycles. The number of allylic oxidation sites excluding steroid dienone is 1. The zero-order chi connectivity index (χ0) is 26.9. The molecule has 38 heavy (non-hydrogen) atoms. The number of nitrogens with zero attached hydrogens (tertiary/aromatic N) is 3. The van der Waals surface area contributed by atoms with Gasteiger partial charge in [0, 0.05) is 31.4 Å². The maximum absolute atomic E-state index is 13.3. The van der Waals surface area contributed by atoms with Crippen molar-refractivity contribution in [1.82, 2.24) is 30.4 Å². The van der Waals surface area contributed by atoms with Crippen LogP contribution in [0.2, 0.25) is 0 Å². The Hall–Kier alpha value is -3.76. The van der Waals surface area contributed by atoms with Gasteiger partial charge < -0.3 is 25.8 Å². The molecular weight excluding hydrogens is 486 g/mol. The predicted octanol–water partition coefficient (Wildman–Crippen LogP) is 2.64. The van der Waals surface area contributed by atoms with Crippen molar-refractivity contribution in [3.63, 3.8) is 0 Å². The number of aryl methyl sites for hydroxylation is 1. The van der Waals surface area contributed by atoms with Crippen LogP contribution in [0.4, 0.5) is 0 Å². The van der Waals surface area contributed by atoms with Crippen LogP contribution in [0.3, 0.4) is 0 Å². The highest BCUT2D eigenvalue weighted by atomic mass is 16.5. The van der Waals surface area contributed by atoms with E-state index in [1.54, 1.807) is 35.3 Å². The topological polar surface area (TPSA) is 155 Å². The number of aromatic nitrogens is 4. The summed E-state index contributed by atoms with van der Waals surface area (Å²) >= 11 is 0. The molecule has 2 aromatic heterocycles. The molecule has 2 aromatic rings. The standard InChI is InChI=1S/C27H35N7O4/c1-3-34-20(10-12-31-34)24(35)33-23(22(16-4-5-16)17-6-7-17)19-15-30-21(32-19)9-8-18(28)14-27(26(37)38-2)11-13-29-25(27)36/h8-10,12,15-17,22-23,28H,3-7,11,13-14H2,1-2H3,(H,29,36)(H,30,32)(H,33,35)/b9-8-,28-18?. The summed E-state index contributed by atoms with van der Waals surface area (Å²) in [7, 11) is 1.25. The third kappa shape index (κ3) is 5.14. The van der Waals surface area contributed by atoms with E-state index in [0.717, 1.165) is 5.69 Å². The van der Waals surface area contributed by atoms with E-state index in [4.69, 9.17) is 10.1 Å². The molecule has 0 aromatic carbocycles. The van der Waals surface area contributed by atoms with Gasteiger partial charge in [0.1, 0.15) is 11.5 Å². The fraction of sp³-hybridized carbons (Fsp3) is 0.556. The molecule has 0 bridgehead atoms. The SMILES string of the molecule is CCn1nccc1C(=O)NC(c1cnc(/C=C\C(=N)CC2(C(=O)OC)CCNC2=O)[nH]1)C(C1CC1)C1CC1. The number of hydrogen-bond acceptors (Lipinski definition) is 7. The molecule has 11 heteroatoms. The Morgan fingerprint density at radius 2 is 2.05 bits per heavy atom. The molecule has 0 radical (unpaired) electrons. The van der Waals surface area contributed by atoms with Crippen molar-refractivity contribution in [3.05, 3.63) is 41.7 Å². The smallest absolute Gasteiger partial charge is 0.321 e. The number of esters is 1. The number of rotatable bonds is 12. The average Bonchev–Trinajstić information content (AvgIpc) is 3.80. The summed E-state index contributed by atoms with van der Waals surface area (Å²) in [4.78, 5) is 45.9. The summed E-state index contributed by atoms with van der Waals surface area (Å²) in [6, 6.07) is 1.53. The first-order valence-corrected chi connectivity index (χ1v) is 13.4. The summed E-state index contributed by atoms with van der Waals surface area (Å²) in [5.74, 6) is 0.872. The predicted molar refractivity (Wildman–Crippen MR) is 139 cm³/mol. The molecule has 3 aliphatic rings. The van der Waals surface area contributed by atoms with Gasteiger partial charge in [0.2, 0.25) is 5.91 Å². The summed E-state index contributed by atoms with van der Waals surface area (Å²) in [5.41, 5.74) is 0.118. The van der Waals surface area contributed by atoms with E-state index < -0.39 is 17.3 Å². The van der Waals surface area contributed by atoms with Gasteiger partial charge in [-0.3, -0.25) is 19.1 Å². The largest absolute Gasteiger partial charge is 0.468 e. The van der Waals surface area contributed by atoms with Crippen molar-refractivity contribution in [2.24, 2.45) is 23.2 Å². The van der Waals surface area contributed by atoms with Crippen LogP contribution >= 0.6 is 0 Å². The van der Waals surface area contributed by atoms with Crippen LogP contribution in [0.25, 0.3) is 6.08 Å². The molecule has 2 aliphatic carbocycles. The zero-order valence-electron chi connectivity index (χ0n) is 21.8. The third-order valence-corrected chi connectivity index (χ3v) is 7.99. The number of carbonyl (C=O) groups excluding carboxylic acids is 3. The van der Waals surface area contributed by atoms with E-state index in [-0.39, 0.29) is 24.1 Å². The Labute approximate surface area is 221 Å². The zero-order valence-corrected chi connectivity index (χ0v) is 21.8. The number of carbonyl (C=O) groups is 3. The fourth-order valence-electron chi connectivity index (χ4n) is 5.73. The Morgan fingerprint density at radius 3 is 2.66 bits per heavy atom. The highest BCUT2D eigenvalue weighted by Gasteiger charge is 2.50. The highest BCUT2D eigenvalue weighted by molar-refractivity contribution is 6.10. The normalized spacial score (nSPS) is 22.0. The van der Waals surface area contributed by atoms with Gasteiger partial charge in [0.05, 0.1) is 25.0 Å². The molecule has 202 valence electrons. The molecule has 2 amide bonds. The Morgan fingerprint density at radius 1 is 1.32 bits per heavy atom. The second-order valence-corrected chi connectivity index (χ2v) is 10.6. The van der Waals surface area contributed by atoms with Gasteiger partial charge in [-0.1, -0.05) is 0 Å². The molecule has 5 rings (SSSR count). The van der Waals surface area contributed by atoms with Crippen LogP contribution in [0.1, 0.15) is 73.5 Å². The second kappa shape index (κ2) is 10.5. The molecule has 2 unspecified atom stereocenters. The Balaban J connectivity index is 1.33. The highest BCUT2D eigenvalue weighted by Crippen LogP contribution is 2.54. The van der Waals surface area contributed by atoms with Gasteiger partial charge in [-0.2, -0.15) is 5.10 Å². The van der Waals surface area contributed by atoms with Crippen LogP contribution in [0.15, 0.2) is 24.5 Å². The van der Waals surface area contributed by atoms with Crippen molar-refractivity contribution in [2.75, 3.05) is 13.7 Å². The van der Waals surface area contributed by atoms with Crippen molar-refractivity contribution in [1.29, 1.82) is 5.41 Å². The lowest BCUT2D eigenvalue weighted by molar-refractivity contribution is -0.156. The summed E-state index contributed by atoms with van der Waals surface area (Å²) in [6.45, 7) is 2.94. The molecule has 2 atom stereocenters. The molecule has 2 saturated carbocycles. The van der Waals surface area contributed by atoms with Crippen molar-refractivity contribution in [2.45, 2.75) is 58.0 Å². The lowest BCUT2D eigenvalue weighted by Crippen LogP contribution is -2.41. The van der Waals surface area contributed by atoms with Gasteiger partial charge in [-0.05, 0) is 75.0 Å². The van der Waals surface area contributed by atoms with E-state index in [0.29, 0.717) is 48.8 Å². The first-order chi connectivity index (χ1) is 18.4. The summed E-state index contributed by atoms with van der Waals surface area (Å²) in [6.07, 6.45) is 11.5. The van der Waals surface area contributed by atoms with Gasteiger partial charge in [-0.25, -0.2) is 4.98 Å². The minimum Gasteiger partial charge on any atom is -0.468 e. The first-order valence-electron chi connectivity index (χ1n) is 13.4. The molecule has 1 saturated heterocycles. The minimum atomic E-state index is -1.37. The number of amides is 2. The maximum Gasteiger partial charge on any atom is 0.321 e. The number of aromatic amines is 1. The van der Waals surface area contributed by atoms with E-state index >= 15 is 0 Å². The van der Waals surface area contributed by atoms with Crippen molar-refractivity contribution >= 4 is 29.6 Å². The molecule has 3 heterocycles. The van der Waals surface area contributed by atoms with Crippen LogP contribution in [0, 0.1) is 28.6 Å². The van der Waals surface area contributed by atoms with Crippen LogP contribution < -0.4 is 10.6 Å². The third-order valence-electron chi connectivity index (χ3n) is 7.99. The van der Waals surface area contributed by atoms with Gasteiger partial charge >= 0.3 is 5.97 Å². The number of H-pyrrole nitrogens is 1. The van der Waals surface area contributed by atoms with Crippen molar-refractivity contribution < 1.29 is 19.1 Å². The quantitative estimate of drug-likeness (QED) is 0.191. The monoisotopic (exact) mass is 521 g/mol.